The third-order valence-electron chi connectivity index (χ3n) is 6.95. The summed E-state index contributed by atoms with van der Waals surface area (Å²) in [5.41, 5.74) is 2.03. The molecular weight excluding hydrogens is 473 g/mol. The second kappa shape index (κ2) is 10.0. The molecule has 2 saturated heterocycles. The highest BCUT2D eigenvalue weighted by molar-refractivity contribution is 5.92. The summed E-state index contributed by atoms with van der Waals surface area (Å²) >= 11 is 0. The van der Waals surface area contributed by atoms with E-state index in [1.54, 1.807) is 6.07 Å². The maximum absolute atomic E-state index is 13.2. The molecule has 1 N–H and O–H groups in total. The van der Waals surface area contributed by atoms with Crippen LogP contribution in [0.2, 0.25) is 0 Å². The monoisotopic (exact) mass is 502 g/mol. The van der Waals surface area contributed by atoms with Crippen LogP contribution in [0.15, 0.2) is 36.4 Å². The summed E-state index contributed by atoms with van der Waals surface area (Å²) in [6, 6.07) is 11.1. The van der Waals surface area contributed by atoms with Gasteiger partial charge in [0.25, 0.3) is 5.82 Å². The second-order valence-electron chi connectivity index (χ2n) is 9.49. The van der Waals surface area contributed by atoms with Gasteiger partial charge < -0.3 is 15.1 Å². The summed E-state index contributed by atoms with van der Waals surface area (Å²) in [5, 5.41) is 13.9. The van der Waals surface area contributed by atoms with Gasteiger partial charge in [0.15, 0.2) is 5.65 Å². The van der Waals surface area contributed by atoms with E-state index in [2.05, 4.69) is 37.5 Å². The molecule has 0 atom stereocenters. The van der Waals surface area contributed by atoms with E-state index in [0.717, 1.165) is 49.2 Å². The molecule has 2 aliphatic heterocycles. The first-order valence-electron chi connectivity index (χ1n) is 12.1. The number of hydrogen-bond acceptors (Lipinski definition) is 7. The molecular formula is C24H29F3N8O. The molecule has 0 spiro atoms. The fourth-order valence-electron chi connectivity index (χ4n) is 4.81. The molecule has 3 aromatic rings. The number of carbonyl (C=O) groups excluding carboxylic acids is 1. The number of aromatic nitrogens is 4. The minimum absolute atomic E-state index is 0.00754. The lowest BCUT2D eigenvalue weighted by atomic mass is 9.89. The molecule has 12 heteroatoms. The summed E-state index contributed by atoms with van der Waals surface area (Å²) in [6.07, 6.45) is -2.92. The third kappa shape index (κ3) is 5.44. The first kappa shape index (κ1) is 24.4. The molecule has 0 radical (unpaired) electrons. The highest BCUT2D eigenvalue weighted by Crippen LogP contribution is 2.32. The van der Waals surface area contributed by atoms with Crippen molar-refractivity contribution in [2.45, 2.75) is 24.9 Å². The number of halogens is 3. The van der Waals surface area contributed by atoms with E-state index in [1.165, 1.54) is 11.6 Å². The topological polar surface area (TPSA) is 81.9 Å². The number of anilines is 2. The van der Waals surface area contributed by atoms with Crippen molar-refractivity contribution in [3.63, 3.8) is 0 Å². The fraction of sp³-hybridized carbons (Fsp3) is 0.500. The van der Waals surface area contributed by atoms with Crippen LogP contribution in [-0.2, 0) is 11.0 Å². The molecule has 2 aliphatic rings. The molecule has 0 bridgehead atoms. The van der Waals surface area contributed by atoms with E-state index in [4.69, 9.17) is 0 Å². The number of nitrogens with zero attached hydrogens (tertiary/aromatic N) is 7. The van der Waals surface area contributed by atoms with E-state index >= 15 is 0 Å². The normalized spacial score (nSPS) is 18.6. The first-order valence-corrected chi connectivity index (χ1v) is 12.1. The summed E-state index contributed by atoms with van der Waals surface area (Å²) < 4.78 is 40.3. The third-order valence-corrected chi connectivity index (χ3v) is 6.95. The number of rotatable bonds is 5. The Kier molecular flexibility index (Phi) is 6.80. The standard InChI is InChI=1S/C24H29F3N8O/c1-32-12-14-33(15-13-32)16-22(36)28-19-4-2-17(3-5-19)18-8-10-34(11-9-18)21-7-6-20-29-30-23(24(25,26)27)35(20)31-21/h2-7,18H,8-16H2,1H3,(H,28,36). The molecule has 0 unspecified atom stereocenters. The number of fused-ring (bicyclic) bond motifs is 1. The Hall–Kier alpha value is -3.25. The van der Waals surface area contributed by atoms with Crippen molar-refractivity contribution in [1.29, 1.82) is 0 Å². The lowest BCUT2D eigenvalue weighted by molar-refractivity contribution is -0.146. The Labute approximate surface area is 206 Å². The molecule has 0 aliphatic carbocycles. The highest BCUT2D eigenvalue weighted by atomic mass is 19.4. The van der Waals surface area contributed by atoms with Crippen LogP contribution >= 0.6 is 0 Å². The van der Waals surface area contributed by atoms with Crippen molar-refractivity contribution in [3.05, 3.63) is 47.8 Å². The van der Waals surface area contributed by atoms with Gasteiger partial charge in [0.05, 0.1) is 6.54 Å². The zero-order chi connectivity index (χ0) is 25.3. The van der Waals surface area contributed by atoms with Crippen LogP contribution in [0, 0.1) is 0 Å². The van der Waals surface area contributed by atoms with E-state index < -0.39 is 12.0 Å². The van der Waals surface area contributed by atoms with E-state index in [-0.39, 0.29) is 11.6 Å². The molecule has 36 heavy (non-hydrogen) atoms. The summed E-state index contributed by atoms with van der Waals surface area (Å²) in [5.74, 6) is -0.317. The lowest BCUT2D eigenvalue weighted by Gasteiger charge is -2.33. The Balaban J connectivity index is 1.15. The number of piperidine rings is 1. The van der Waals surface area contributed by atoms with Crippen molar-refractivity contribution in [2.75, 3.05) is 63.1 Å². The second-order valence-corrected chi connectivity index (χ2v) is 9.49. The van der Waals surface area contributed by atoms with Crippen LogP contribution in [-0.4, -0.2) is 88.4 Å². The molecule has 0 saturated carbocycles. The van der Waals surface area contributed by atoms with Crippen LogP contribution in [0.4, 0.5) is 24.7 Å². The number of hydrogen-bond donors (Lipinski definition) is 1. The summed E-state index contributed by atoms with van der Waals surface area (Å²) in [4.78, 5) is 18.8. The minimum atomic E-state index is -4.62. The van der Waals surface area contributed by atoms with Gasteiger partial charge >= 0.3 is 6.18 Å². The average Bonchev–Trinajstić information content (AvgIpc) is 3.30. The Morgan fingerprint density at radius 3 is 2.33 bits per heavy atom. The maximum atomic E-state index is 13.2. The van der Waals surface area contributed by atoms with Crippen LogP contribution in [0.1, 0.15) is 30.1 Å². The molecule has 1 aromatic carbocycles. The van der Waals surface area contributed by atoms with Crippen molar-refractivity contribution in [3.8, 4) is 0 Å². The molecule has 9 nitrogen and oxygen atoms in total. The number of alkyl halides is 3. The molecule has 4 heterocycles. The van der Waals surface area contributed by atoms with Crippen molar-refractivity contribution in [2.24, 2.45) is 0 Å². The number of carbonyl (C=O) groups is 1. The van der Waals surface area contributed by atoms with Crippen molar-refractivity contribution in [1.82, 2.24) is 29.6 Å². The predicted octanol–water partition coefficient (Wildman–Crippen LogP) is 2.71. The van der Waals surface area contributed by atoms with Crippen LogP contribution in [0.5, 0.6) is 0 Å². The zero-order valence-electron chi connectivity index (χ0n) is 20.1. The molecule has 1 amide bonds. The molecule has 2 fully saturated rings. The van der Waals surface area contributed by atoms with Gasteiger partial charge in [-0.25, -0.2) is 0 Å². The minimum Gasteiger partial charge on any atom is -0.355 e. The fourth-order valence-corrected chi connectivity index (χ4v) is 4.81. The largest absolute Gasteiger partial charge is 0.453 e. The smallest absolute Gasteiger partial charge is 0.355 e. The number of amides is 1. The Morgan fingerprint density at radius 2 is 1.67 bits per heavy atom. The van der Waals surface area contributed by atoms with E-state index in [9.17, 15) is 18.0 Å². The van der Waals surface area contributed by atoms with Gasteiger partial charge in [-0.3, -0.25) is 9.69 Å². The number of benzene rings is 1. The molecule has 5 rings (SSSR count). The highest BCUT2D eigenvalue weighted by Gasteiger charge is 2.38. The molecule has 2 aromatic heterocycles. The maximum Gasteiger partial charge on any atom is 0.453 e. The molecule has 192 valence electrons. The van der Waals surface area contributed by atoms with E-state index in [0.29, 0.717) is 31.4 Å². The summed E-state index contributed by atoms with van der Waals surface area (Å²) in [7, 11) is 2.09. The van der Waals surface area contributed by atoms with Crippen molar-refractivity contribution >= 4 is 23.1 Å². The number of nitrogens with one attached hydrogen (secondary N) is 1. The van der Waals surface area contributed by atoms with Crippen LogP contribution in [0.3, 0.4) is 0 Å². The average molecular weight is 503 g/mol. The van der Waals surface area contributed by atoms with Gasteiger partial charge in [-0.15, -0.1) is 15.3 Å². The first-order chi connectivity index (χ1) is 17.3. The van der Waals surface area contributed by atoms with Gasteiger partial charge in [-0.2, -0.15) is 17.7 Å². The quantitative estimate of drug-likeness (QED) is 0.575. The van der Waals surface area contributed by atoms with Crippen LogP contribution in [0.25, 0.3) is 5.65 Å². The SMILES string of the molecule is CN1CCN(CC(=O)Nc2ccc(C3CCN(c4ccc5nnc(C(F)(F)F)n5n4)CC3)cc2)CC1. The van der Waals surface area contributed by atoms with Crippen molar-refractivity contribution < 1.29 is 18.0 Å². The van der Waals surface area contributed by atoms with E-state index in [1.807, 2.05) is 29.2 Å². The Morgan fingerprint density at radius 1 is 0.972 bits per heavy atom. The summed E-state index contributed by atoms with van der Waals surface area (Å²) in [6.45, 7) is 5.49. The van der Waals surface area contributed by atoms with Gasteiger partial charge in [0.2, 0.25) is 5.91 Å². The lowest BCUT2D eigenvalue weighted by Crippen LogP contribution is -2.47. The predicted molar refractivity (Wildman–Crippen MR) is 129 cm³/mol. The number of piperazine rings is 1. The Bertz CT molecular complexity index is 1200. The zero-order valence-corrected chi connectivity index (χ0v) is 20.1. The van der Waals surface area contributed by atoms with Gasteiger partial charge in [0.1, 0.15) is 5.82 Å². The van der Waals surface area contributed by atoms with Gasteiger partial charge in [-0.05, 0) is 55.6 Å². The van der Waals surface area contributed by atoms with Crippen LogP contribution < -0.4 is 10.2 Å². The van der Waals surface area contributed by atoms with Gasteiger partial charge in [0, 0.05) is 45.0 Å². The van der Waals surface area contributed by atoms with Gasteiger partial charge in [-0.1, -0.05) is 12.1 Å². The number of likely N-dealkylation sites (N-methyl/N-ethyl adjacent to an activating group) is 1.